The third kappa shape index (κ3) is 5.42. The number of hydrogen-bond donors (Lipinski definition) is 1. The molecule has 0 aliphatic heterocycles. The fourth-order valence-electron chi connectivity index (χ4n) is 2.69. The molecule has 1 atom stereocenters. The average molecular weight is 385 g/mol. The van der Waals surface area contributed by atoms with E-state index in [2.05, 4.69) is 5.32 Å². The number of ether oxygens (including phenoxy) is 4. The fourth-order valence-corrected chi connectivity index (χ4v) is 2.69. The van der Waals surface area contributed by atoms with Crippen LogP contribution in [-0.4, -0.2) is 39.9 Å². The second kappa shape index (κ2) is 10.3. The molecule has 0 heterocycles. The summed E-state index contributed by atoms with van der Waals surface area (Å²) in [4.78, 5) is 12.2. The van der Waals surface area contributed by atoms with E-state index in [0.717, 1.165) is 11.3 Å². The molecular weight excluding hydrogens is 358 g/mol. The average Bonchev–Trinajstić information content (AvgIpc) is 2.70. The highest BCUT2D eigenvalue weighted by Crippen LogP contribution is 2.40. The molecule has 1 amide bonds. The minimum atomic E-state index is -0.224. The molecule has 2 aromatic rings. The van der Waals surface area contributed by atoms with Gasteiger partial charge in [0, 0.05) is 11.6 Å². The van der Waals surface area contributed by atoms with Crippen LogP contribution in [-0.2, 0) is 4.79 Å². The van der Waals surface area contributed by atoms with Crippen molar-refractivity contribution in [3.63, 3.8) is 0 Å². The van der Waals surface area contributed by atoms with Crippen molar-refractivity contribution in [1.82, 2.24) is 5.32 Å². The molecule has 0 aromatic heterocycles. The maximum atomic E-state index is 12.2. The lowest BCUT2D eigenvalue weighted by Crippen LogP contribution is -2.35. The summed E-state index contributed by atoms with van der Waals surface area (Å²) in [6.45, 7) is 4.25. The van der Waals surface area contributed by atoms with E-state index in [-0.39, 0.29) is 11.9 Å². The van der Waals surface area contributed by atoms with E-state index < -0.39 is 0 Å². The highest BCUT2D eigenvalue weighted by atomic mass is 16.5. The minimum absolute atomic E-state index is 0.149. The number of carbonyl (C=O) groups is 1. The Hall–Kier alpha value is -3.15. The summed E-state index contributed by atoms with van der Waals surface area (Å²) in [5, 5.41) is 2.88. The summed E-state index contributed by atoms with van der Waals surface area (Å²) < 4.78 is 21.8. The summed E-state index contributed by atoms with van der Waals surface area (Å²) in [6, 6.07) is 11.2. The smallest absolute Gasteiger partial charge is 0.244 e. The number of aryl methyl sites for hydroxylation is 1. The summed E-state index contributed by atoms with van der Waals surface area (Å²) in [7, 11) is 4.64. The number of carbonyl (C=O) groups excluding carboxylic acids is 1. The highest BCUT2D eigenvalue weighted by Gasteiger charge is 2.14. The van der Waals surface area contributed by atoms with E-state index in [9.17, 15) is 4.79 Å². The Kier molecular flexibility index (Phi) is 7.75. The van der Waals surface area contributed by atoms with Gasteiger partial charge in [-0.1, -0.05) is 18.2 Å². The van der Waals surface area contributed by atoms with Gasteiger partial charge in [-0.2, -0.15) is 0 Å². The van der Waals surface area contributed by atoms with Crippen molar-refractivity contribution in [3.8, 4) is 23.0 Å². The molecule has 150 valence electrons. The quantitative estimate of drug-likeness (QED) is 0.668. The molecule has 0 unspecified atom stereocenters. The largest absolute Gasteiger partial charge is 0.493 e. The molecule has 0 aliphatic rings. The molecule has 0 fully saturated rings. The molecule has 0 saturated carbocycles. The van der Waals surface area contributed by atoms with Gasteiger partial charge >= 0.3 is 0 Å². The molecule has 0 bridgehead atoms. The molecule has 6 heteroatoms. The number of nitrogens with one attached hydrogen (secondary N) is 1. The predicted octanol–water partition coefficient (Wildman–Crippen LogP) is 3.62. The summed E-state index contributed by atoms with van der Waals surface area (Å²) >= 11 is 0. The number of benzene rings is 2. The lowest BCUT2D eigenvalue weighted by molar-refractivity contribution is -0.117. The zero-order chi connectivity index (χ0) is 20.5. The van der Waals surface area contributed by atoms with Gasteiger partial charge in [-0.15, -0.1) is 0 Å². The van der Waals surface area contributed by atoms with E-state index in [1.54, 1.807) is 32.4 Å². The van der Waals surface area contributed by atoms with Crippen molar-refractivity contribution < 1.29 is 23.7 Å². The molecule has 6 nitrogen and oxygen atoms in total. The first-order valence-corrected chi connectivity index (χ1v) is 8.96. The van der Waals surface area contributed by atoms with E-state index in [1.165, 1.54) is 13.2 Å². The summed E-state index contributed by atoms with van der Waals surface area (Å²) in [6.07, 6.45) is 3.12. The van der Waals surface area contributed by atoms with Crippen LogP contribution in [0.3, 0.4) is 0 Å². The van der Waals surface area contributed by atoms with Gasteiger partial charge in [0.05, 0.1) is 27.4 Å². The van der Waals surface area contributed by atoms with Crippen LogP contribution in [0.4, 0.5) is 0 Å². The van der Waals surface area contributed by atoms with Gasteiger partial charge in [-0.25, -0.2) is 0 Å². The minimum Gasteiger partial charge on any atom is -0.493 e. The number of para-hydroxylation sites is 1. The van der Waals surface area contributed by atoms with Gasteiger partial charge in [0.2, 0.25) is 11.7 Å². The monoisotopic (exact) mass is 385 g/mol. The first-order chi connectivity index (χ1) is 13.5. The lowest BCUT2D eigenvalue weighted by atomic mass is 10.1. The Labute approximate surface area is 166 Å². The van der Waals surface area contributed by atoms with E-state index in [0.29, 0.717) is 29.4 Å². The third-order valence-electron chi connectivity index (χ3n) is 4.12. The Morgan fingerprint density at radius 2 is 1.71 bits per heavy atom. The molecule has 0 saturated heterocycles. The zero-order valence-corrected chi connectivity index (χ0v) is 16.9. The normalized spacial score (nSPS) is 11.8. The van der Waals surface area contributed by atoms with E-state index in [1.807, 2.05) is 38.1 Å². The van der Waals surface area contributed by atoms with Crippen LogP contribution in [0.5, 0.6) is 23.0 Å². The van der Waals surface area contributed by atoms with E-state index in [4.69, 9.17) is 18.9 Å². The first-order valence-electron chi connectivity index (χ1n) is 8.96. The van der Waals surface area contributed by atoms with Gasteiger partial charge in [0.25, 0.3) is 0 Å². The standard InChI is InChI=1S/C22H27NO5/c1-15-8-6-7-9-18(15)28-14-16(2)23-20(24)13-11-17-10-12-19(25-3)22(27-5)21(17)26-4/h6-13,16H,14H2,1-5H3,(H,23,24)/b13-11+/t16-/m0/s1. The molecule has 2 rings (SSSR count). The topological polar surface area (TPSA) is 66.0 Å². The lowest BCUT2D eigenvalue weighted by Gasteiger charge is -2.15. The molecule has 2 aromatic carbocycles. The molecule has 0 spiro atoms. The van der Waals surface area contributed by atoms with Gasteiger partial charge in [-0.3, -0.25) is 4.79 Å². The second-order valence-corrected chi connectivity index (χ2v) is 6.24. The maximum absolute atomic E-state index is 12.2. The van der Waals surface area contributed by atoms with Gasteiger partial charge in [-0.05, 0) is 43.7 Å². The van der Waals surface area contributed by atoms with Crippen molar-refractivity contribution >= 4 is 12.0 Å². The SMILES string of the molecule is COc1ccc(/C=C/C(=O)N[C@@H](C)COc2ccccc2C)c(OC)c1OC. The number of amides is 1. The van der Waals surface area contributed by atoms with Crippen molar-refractivity contribution in [2.75, 3.05) is 27.9 Å². The second-order valence-electron chi connectivity index (χ2n) is 6.24. The van der Waals surface area contributed by atoms with Crippen LogP contribution < -0.4 is 24.3 Å². The van der Waals surface area contributed by atoms with Crippen molar-refractivity contribution in [2.24, 2.45) is 0 Å². The van der Waals surface area contributed by atoms with Crippen LogP contribution >= 0.6 is 0 Å². The summed E-state index contributed by atoms with van der Waals surface area (Å²) in [5.41, 5.74) is 1.76. The Morgan fingerprint density at radius 3 is 2.36 bits per heavy atom. The van der Waals surface area contributed by atoms with Crippen LogP contribution in [0.2, 0.25) is 0 Å². The Morgan fingerprint density at radius 1 is 1.00 bits per heavy atom. The predicted molar refractivity (Wildman–Crippen MR) is 109 cm³/mol. The highest BCUT2D eigenvalue weighted by molar-refractivity contribution is 5.92. The van der Waals surface area contributed by atoms with Gasteiger partial charge < -0.3 is 24.3 Å². The van der Waals surface area contributed by atoms with E-state index >= 15 is 0 Å². The zero-order valence-electron chi connectivity index (χ0n) is 16.9. The molecule has 28 heavy (non-hydrogen) atoms. The van der Waals surface area contributed by atoms with Crippen LogP contribution in [0.15, 0.2) is 42.5 Å². The van der Waals surface area contributed by atoms with Crippen LogP contribution in [0.1, 0.15) is 18.1 Å². The van der Waals surface area contributed by atoms with Crippen LogP contribution in [0.25, 0.3) is 6.08 Å². The maximum Gasteiger partial charge on any atom is 0.244 e. The molecule has 1 N–H and O–H groups in total. The molecular formula is C22H27NO5. The van der Waals surface area contributed by atoms with Crippen molar-refractivity contribution in [2.45, 2.75) is 19.9 Å². The Balaban J connectivity index is 1.98. The Bertz CT molecular complexity index is 832. The number of hydrogen-bond acceptors (Lipinski definition) is 5. The molecule has 0 aliphatic carbocycles. The third-order valence-corrected chi connectivity index (χ3v) is 4.12. The van der Waals surface area contributed by atoms with Crippen LogP contribution in [0, 0.1) is 6.92 Å². The van der Waals surface area contributed by atoms with Gasteiger partial charge in [0.15, 0.2) is 11.5 Å². The van der Waals surface area contributed by atoms with Gasteiger partial charge in [0.1, 0.15) is 12.4 Å². The summed E-state index contributed by atoms with van der Waals surface area (Å²) in [5.74, 6) is 2.13. The first kappa shape index (κ1) is 21.2. The number of rotatable bonds is 9. The number of methoxy groups -OCH3 is 3. The fraction of sp³-hybridized carbons (Fsp3) is 0.318. The molecule has 0 radical (unpaired) electrons. The van der Waals surface area contributed by atoms with Crippen molar-refractivity contribution in [3.05, 3.63) is 53.6 Å². The van der Waals surface area contributed by atoms with Crippen molar-refractivity contribution in [1.29, 1.82) is 0 Å².